The number of carbonyl (C=O) groups excluding carboxylic acids is 11. The molecule has 0 radical (unpaired) electrons. The molecular weight excluding hydrogens is 1210 g/mol. The summed E-state index contributed by atoms with van der Waals surface area (Å²) in [5.41, 5.74) is -14.4. The van der Waals surface area contributed by atoms with E-state index in [1.807, 2.05) is 90.2 Å². The van der Waals surface area contributed by atoms with Crippen molar-refractivity contribution in [3.8, 4) is 0 Å². The first-order chi connectivity index (χ1) is 42.7. The van der Waals surface area contributed by atoms with E-state index in [9.17, 15) is 52.7 Å². The maximum absolute atomic E-state index is 14.1. The molecule has 12 N–H and O–H groups in total. The van der Waals surface area contributed by atoms with Crippen LogP contribution in [-0.4, -0.2) is 147 Å². The Morgan fingerprint density at radius 3 is 0.840 bits per heavy atom. The van der Waals surface area contributed by atoms with Crippen molar-refractivity contribution in [3.05, 3.63) is 102 Å². The zero-order valence-corrected chi connectivity index (χ0v) is 59.2. The fraction of sp³-hybridized carbons (Fsp3) is 0.567. The third-order valence-electron chi connectivity index (χ3n) is 16.4. The fourth-order valence-electron chi connectivity index (χ4n) is 9.48. The molecule has 1 aliphatic rings. The van der Waals surface area contributed by atoms with Gasteiger partial charge >= 0.3 is 12.7 Å². The summed E-state index contributed by atoms with van der Waals surface area (Å²) in [6, 6.07) is 27.1. The largest absolute Gasteiger partial charge is 0.543 e. The van der Waals surface area contributed by atoms with Crippen molar-refractivity contribution in [1.82, 2.24) is 53.2 Å². The highest BCUT2D eigenvalue weighted by Gasteiger charge is 2.50. The molecule has 0 bridgehead atoms. The molecule has 27 heteroatoms. The first-order valence-corrected chi connectivity index (χ1v) is 31.1. The maximum Gasteiger partial charge on any atom is 0.410 e. The lowest BCUT2D eigenvalue weighted by molar-refractivity contribution is -0.720. The van der Waals surface area contributed by atoms with Crippen LogP contribution in [0, 0.1) is 0 Å². The van der Waals surface area contributed by atoms with E-state index in [4.69, 9.17) is 18.7 Å². The van der Waals surface area contributed by atoms with Crippen molar-refractivity contribution in [2.24, 2.45) is 0 Å². The van der Waals surface area contributed by atoms with Gasteiger partial charge in [0.05, 0.1) is 25.9 Å². The molecule has 0 aliphatic carbocycles. The average Bonchev–Trinajstić information content (AvgIpc) is 1.59. The van der Waals surface area contributed by atoms with Crippen LogP contribution in [0.4, 0.5) is 0 Å². The van der Waals surface area contributed by atoms with E-state index in [1.54, 1.807) is 21.0 Å². The van der Waals surface area contributed by atoms with E-state index in [0.717, 1.165) is 23.8 Å². The quantitative estimate of drug-likeness (QED) is 0.0281. The Balaban J connectivity index is 1.33. The molecule has 1 fully saturated rings. The van der Waals surface area contributed by atoms with Crippen LogP contribution in [0.15, 0.2) is 84.9 Å². The summed E-state index contributed by atoms with van der Waals surface area (Å²) in [6.45, 7) is 29.1. The summed E-state index contributed by atoms with van der Waals surface area (Å²) in [7, 11) is 2.71. The minimum Gasteiger partial charge on any atom is -0.543 e. The number of amides is 10. The van der Waals surface area contributed by atoms with Crippen LogP contribution < -0.4 is 63.9 Å². The van der Waals surface area contributed by atoms with Crippen LogP contribution in [0.2, 0.25) is 0 Å². The van der Waals surface area contributed by atoms with Gasteiger partial charge in [-0.05, 0) is 176 Å². The van der Waals surface area contributed by atoms with Crippen molar-refractivity contribution in [1.29, 1.82) is 0 Å². The molecule has 1 aliphatic heterocycles. The van der Waals surface area contributed by atoms with Crippen LogP contribution >= 0.6 is 0 Å². The van der Waals surface area contributed by atoms with Gasteiger partial charge in [0.2, 0.25) is 53.2 Å². The molecule has 0 unspecified atom stereocenters. The molecule has 94 heavy (non-hydrogen) atoms. The second-order valence-electron chi connectivity index (χ2n) is 29.9. The number of esters is 1. The van der Waals surface area contributed by atoms with E-state index in [2.05, 4.69) is 53.2 Å². The van der Waals surface area contributed by atoms with Gasteiger partial charge in [0.25, 0.3) is 5.91 Å². The van der Waals surface area contributed by atoms with Crippen molar-refractivity contribution < 1.29 is 76.8 Å². The van der Waals surface area contributed by atoms with Gasteiger partial charge in [-0.3, -0.25) is 47.9 Å². The van der Waals surface area contributed by atoms with Gasteiger partial charge in [-0.15, -0.1) is 5.46 Å². The lowest BCUT2D eigenvalue weighted by atomic mass is 9.67. The van der Waals surface area contributed by atoms with Gasteiger partial charge in [0.15, 0.2) is 5.54 Å². The number of nitrogens with one attached hydrogen (secondary N) is 10. The SMILES string of the molecule is COC(=O)[C@@](C)([13CH3])NC(=O)C(C)(C)NC(=O)C(C)(C)NC(=O)C(C)(C)NC(=O)C(C)(C)NC(=O)C(C)(C)NC(=O)C(C)(C)NC(=O)C(C)(C)NC(=O)C(C)(C)NC(=O)C(C)(C)NC(=O)C(C)(C)[NH2+]Cc1ccccc1[B-]1(OC)O[C@H](c2ccccc2)[C@@H](c2ccccc2)O1. The Kier molecular flexibility index (Phi) is 23.6. The molecule has 1 heterocycles. The van der Waals surface area contributed by atoms with E-state index in [1.165, 1.54) is 138 Å². The van der Waals surface area contributed by atoms with E-state index >= 15 is 0 Å². The zero-order chi connectivity index (χ0) is 72.0. The fourth-order valence-corrected chi connectivity index (χ4v) is 9.48. The lowest BCUT2D eigenvalue weighted by Crippen LogP contribution is -2.97. The van der Waals surface area contributed by atoms with Crippen LogP contribution in [0.25, 0.3) is 0 Å². The van der Waals surface area contributed by atoms with Gasteiger partial charge in [-0.25, -0.2) is 4.79 Å². The topological polar surface area (TPSA) is 362 Å². The number of benzene rings is 3. The monoisotopic (exact) mass is 1310 g/mol. The van der Waals surface area contributed by atoms with Crippen LogP contribution in [0.1, 0.15) is 181 Å². The normalized spacial score (nSPS) is 16.3. The van der Waals surface area contributed by atoms with E-state index < -0.39 is 145 Å². The molecule has 10 amide bonds. The van der Waals surface area contributed by atoms with Crippen molar-refractivity contribution in [2.45, 2.75) is 232 Å². The number of methoxy groups -OCH3 is 1. The lowest BCUT2D eigenvalue weighted by Gasteiger charge is -2.38. The molecule has 26 nitrogen and oxygen atoms in total. The van der Waals surface area contributed by atoms with Crippen molar-refractivity contribution in [2.75, 3.05) is 14.2 Å². The number of carbonyl (C=O) groups is 11. The smallest absolute Gasteiger partial charge is 0.410 e. The predicted octanol–water partition coefficient (Wildman–Crippen LogP) is 1.97. The van der Waals surface area contributed by atoms with Gasteiger partial charge in [0.1, 0.15) is 55.4 Å². The zero-order valence-electron chi connectivity index (χ0n) is 59.2. The standard InChI is InChI=1S/C67H101BN11O15/c1-57(2,69-39-42-37-31-32-38-43(42)68(92-24)93-44(40-33-27-25-28-34-40)45(94-68)41-35-29-26-30-36-41)46(80)70-58(3,4)47(81)71-59(5,6)48(82)72-60(7,8)49(83)73-61(9,10)50(84)74-62(11,12)51(85)75-63(13,14)52(86)76-64(15,16)53(87)77-65(17,18)54(88)78-66(19,20)55(89)79-67(21,22)56(90)91-23/h25-38,44-45,69H,39H2,1-24H3,(H,70,80)(H,71,81)(H,72,82)(H,73,83)(H,74,84)(H,75,85)(H,76,86)(H,77,87)(H,78,88)(H,79,89)/q-1/p+1/t44-,45-/m1/s1/i21+1/t44-,45-,67+. The number of hydrogen-bond donors (Lipinski definition) is 11. The third-order valence-corrected chi connectivity index (χ3v) is 16.4. The van der Waals surface area contributed by atoms with Crippen LogP contribution in [0.3, 0.4) is 0 Å². The molecule has 4 rings (SSSR count). The molecule has 3 aromatic rings. The Morgan fingerprint density at radius 2 is 0.585 bits per heavy atom. The Labute approximate surface area is 552 Å². The summed E-state index contributed by atoms with van der Waals surface area (Å²) >= 11 is 0. The maximum atomic E-state index is 14.1. The number of rotatable bonds is 28. The summed E-state index contributed by atoms with van der Waals surface area (Å²) in [5.74, 6) is -8.37. The summed E-state index contributed by atoms with van der Waals surface area (Å²) in [6.07, 6.45) is -1.01. The summed E-state index contributed by atoms with van der Waals surface area (Å²) in [5, 5.41) is 28.1. The molecule has 0 aromatic heterocycles. The van der Waals surface area contributed by atoms with Gasteiger partial charge in [-0.1, -0.05) is 84.9 Å². The predicted molar refractivity (Wildman–Crippen MR) is 353 cm³/mol. The van der Waals surface area contributed by atoms with E-state index in [-0.39, 0.29) is 6.54 Å². The Morgan fingerprint density at radius 1 is 0.351 bits per heavy atom. The molecule has 3 aromatic carbocycles. The Hall–Kier alpha value is -8.27. The number of hydrogen-bond acceptors (Lipinski definition) is 15. The Bertz CT molecular complexity index is 3310. The van der Waals surface area contributed by atoms with Crippen molar-refractivity contribution in [3.63, 3.8) is 0 Å². The molecular formula is C67H102BN11O15. The second kappa shape index (κ2) is 28.4. The number of nitrogens with two attached hydrogens (primary N) is 1. The molecule has 0 saturated carbocycles. The number of quaternary nitrogens is 1. The highest BCUT2D eigenvalue weighted by atomic mass is 16.8. The first-order valence-electron chi connectivity index (χ1n) is 31.1. The van der Waals surface area contributed by atoms with Crippen LogP contribution in [-0.2, 0) is 78.0 Å². The molecule has 1 saturated heterocycles. The highest BCUT2D eigenvalue weighted by Crippen LogP contribution is 2.45. The molecule has 518 valence electrons. The van der Waals surface area contributed by atoms with Crippen LogP contribution in [0.5, 0.6) is 0 Å². The average molecular weight is 1310 g/mol. The van der Waals surface area contributed by atoms with Gasteiger partial charge < -0.3 is 77.2 Å². The summed E-state index contributed by atoms with van der Waals surface area (Å²) < 4.78 is 24.6. The first kappa shape index (κ1) is 78.2. The summed E-state index contributed by atoms with van der Waals surface area (Å²) in [4.78, 5) is 150. The molecule has 3 atom stereocenters. The third kappa shape index (κ3) is 19.0. The van der Waals surface area contributed by atoms with Gasteiger partial charge in [0, 0.05) is 0 Å². The minimum absolute atomic E-state index is 0.273. The minimum atomic E-state index is -2.51. The highest BCUT2D eigenvalue weighted by molar-refractivity contribution is 6.76. The molecule has 0 spiro atoms. The van der Waals surface area contributed by atoms with E-state index in [0.29, 0.717) is 5.46 Å². The number of ether oxygens (including phenoxy) is 1. The second-order valence-corrected chi connectivity index (χ2v) is 29.9. The van der Waals surface area contributed by atoms with Crippen molar-refractivity contribution >= 4 is 77.3 Å². The van der Waals surface area contributed by atoms with Gasteiger partial charge in [-0.2, -0.15) is 0 Å².